The van der Waals surface area contributed by atoms with Gasteiger partial charge in [0.1, 0.15) is 10.9 Å². The molecule has 4 nitrogen and oxygen atoms in total. The van der Waals surface area contributed by atoms with E-state index in [2.05, 4.69) is 17.6 Å². The second kappa shape index (κ2) is 5.30. The number of aryl methyl sites for hydroxylation is 2. The summed E-state index contributed by atoms with van der Waals surface area (Å²) < 4.78 is 0.941. The van der Waals surface area contributed by atoms with E-state index in [4.69, 9.17) is 0 Å². The second-order valence-electron chi connectivity index (χ2n) is 4.44. The van der Waals surface area contributed by atoms with Crippen LogP contribution >= 0.6 is 24.0 Å². The molecule has 0 radical (unpaired) electrons. The van der Waals surface area contributed by atoms with Gasteiger partial charge >= 0.3 is 5.97 Å². The minimum Gasteiger partial charge on any atom is -0.481 e. The Morgan fingerprint density at radius 1 is 1.37 bits per heavy atom. The van der Waals surface area contributed by atoms with Gasteiger partial charge in [0.15, 0.2) is 5.12 Å². The average Bonchev–Trinajstić information content (AvgIpc) is 2.68. The van der Waals surface area contributed by atoms with Gasteiger partial charge in [0, 0.05) is 6.42 Å². The number of aromatic nitrogens is 1. The van der Waals surface area contributed by atoms with Crippen molar-refractivity contribution >= 4 is 45.3 Å². The van der Waals surface area contributed by atoms with Gasteiger partial charge in [-0.15, -0.1) is 24.0 Å². The molecule has 0 aliphatic rings. The predicted octanol–water partition coefficient (Wildman–Crippen LogP) is 2.93. The maximum atomic E-state index is 11.2. The van der Waals surface area contributed by atoms with Crippen molar-refractivity contribution < 1.29 is 14.7 Å². The lowest BCUT2D eigenvalue weighted by atomic mass is 10.1. The number of carboxylic acids is 1. The fourth-order valence-corrected chi connectivity index (χ4v) is 3.12. The molecule has 0 aliphatic heterocycles. The van der Waals surface area contributed by atoms with Crippen LogP contribution in [0.3, 0.4) is 0 Å². The Bertz CT molecular complexity index is 624. The number of hydrogen-bond donors (Lipinski definition) is 2. The van der Waals surface area contributed by atoms with E-state index >= 15 is 0 Å². The van der Waals surface area contributed by atoms with E-state index in [1.165, 1.54) is 11.3 Å². The highest BCUT2D eigenvalue weighted by molar-refractivity contribution is 7.96. The monoisotopic (exact) mass is 295 g/mol. The molecule has 0 saturated heterocycles. The number of nitrogens with zero attached hydrogens (tertiary/aromatic N) is 1. The normalized spacial score (nSPS) is 12.6. The van der Waals surface area contributed by atoms with E-state index in [0.717, 1.165) is 21.3 Å². The van der Waals surface area contributed by atoms with Crippen LogP contribution < -0.4 is 0 Å². The molecule has 6 heteroatoms. The Kier molecular flexibility index (Phi) is 3.91. The summed E-state index contributed by atoms with van der Waals surface area (Å²) in [4.78, 5) is 26.6. The van der Waals surface area contributed by atoms with E-state index in [0.29, 0.717) is 5.01 Å². The van der Waals surface area contributed by atoms with Crippen molar-refractivity contribution in [3.05, 3.63) is 28.3 Å². The van der Waals surface area contributed by atoms with Gasteiger partial charge in [0.25, 0.3) is 0 Å². The zero-order valence-corrected chi connectivity index (χ0v) is 12.2. The van der Waals surface area contributed by atoms with Crippen LogP contribution in [-0.4, -0.2) is 21.2 Å². The smallest absolute Gasteiger partial charge is 0.313 e. The first-order valence-electron chi connectivity index (χ1n) is 5.70. The molecule has 19 heavy (non-hydrogen) atoms. The summed E-state index contributed by atoms with van der Waals surface area (Å²) in [6.45, 7) is 3.99. The van der Waals surface area contributed by atoms with Gasteiger partial charge in [0.05, 0.1) is 10.2 Å². The zero-order chi connectivity index (χ0) is 14.2. The Balaban J connectivity index is 2.49. The molecule has 0 fully saturated rings. The summed E-state index contributed by atoms with van der Waals surface area (Å²) >= 11 is 4.97. The zero-order valence-electron chi connectivity index (χ0n) is 10.5. The Hall–Kier alpha value is -1.40. The number of thiazole rings is 1. The fourth-order valence-electron chi connectivity index (χ4n) is 1.80. The number of thiol groups is 1. The van der Waals surface area contributed by atoms with Crippen LogP contribution in [0.25, 0.3) is 10.2 Å². The highest BCUT2D eigenvalue weighted by Gasteiger charge is 2.25. The van der Waals surface area contributed by atoms with Crippen LogP contribution in [0.5, 0.6) is 0 Å². The van der Waals surface area contributed by atoms with Crippen LogP contribution in [-0.2, 0) is 9.59 Å². The van der Waals surface area contributed by atoms with Gasteiger partial charge < -0.3 is 5.11 Å². The first kappa shape index (κ1) is 14.0. The van der Waals surface area contributed by atoms with Crippen molar-refractivity contribution in [1.29, 1.82) is 0 Å². The molecular weight excluding hydrogens is 282 g/mol. The van der Waals surface area contributed by atoms with Crippen molar-refractivity contribution in [2.24, 2.45) is 0 Å². The number of aliphatic carboxylic acids is 1. The molecule has 0 saturated carbocycles. The number of hydrogen-bond acceptors (Lipinski definition) is 4. The molecule has 100 valence electrons. The summed E-state index contributed by atoms with van der Waals surface area (Å²) in [5.74, 6) is -1.96. The van der Waals surface area contributed by atoms with Crippen molar-refractivity contribution in [3.8, 4) is 0 Å². The van der Waals surface area contributed by atoms with Crippen LogP contribution in [0.1, 0.15) is 28.5 Å². The van der Waals surface area contributed by atoms with E-state index < -0.39 is 17.0 Å². The van der Waals surface area contributed by atoms with Crippen LogP contribution in [0.15, 0.2) is 12.1 Å². The SMILES string of the molecule is Cc1cc2nc(C(CC(=O)S)C(=O)O)sc2cc1C. The molecule has 0 bridgehead atoms. The molecule has 1 heterocycles. The number of rotatable bonds is 4. The average molecular weight is 295 g/mol. The fraction of sp³-hybridized carbons (Fsp3) is 0.308. The standard InChI is InChI=1S/C13H13NO3S2/c1-6-3-9-10(4-7(6)2)19-12(14-9)8(13(16)17)5-11(15)18/h3-4,8H,5H2,1-2H3,(H,15,18)(H,16,17). The van der Waals surface area contributed by atoms with Gasteiger partial charge in [0.2, 0.25) is 0 Å². The maximum absolute atomic E-state index is 11.2. The molecule has 0 amide bonds. The Labute approximate surface area is 119 Å². The van der Waals surface area contributed by atoms with Crippen molar-refractivity contribution in [2.75, 3.05) is 0 Å². The lowest BCUT2D eigenvalue weighted by molar-refractivity contribution is -0.139. The quantitative estimate of drug-likeness (QED) is 0.851. The van der Waals surface area contributed by atoms with Gasteiger partial charge in [-0.2, -0.15) is 0 Å². The summed E-state index contributed by atoms with van der Waals surface area (Å²) in [5, 5.41) is 9.20. The van der Waals surface area contributed by atoms with E-state index in [-0.39, 0.29) is 6.42 Å². The highest BCUT2D eigenvalue weighted by Crippen LogP contribution is 2.31. The Morgan fingerprint density at radius 2 is 2.00 bits per heavy atom. The maximum Gasteiger partial charge on any atom is 0.313 e. The molecule has 2 rings (SSSR count). The van der Waals surface area contributed by atoms with E-state index in [1.807, 2.05) is 26.0 Å². The highest BCUT2D eigenvalue weighted by atomic mass is 32.1. The predicted molar refractivity (Wildman–Crippen MR) is 78.1 cm³/mol. The molecule has 1 N–H and O–H groups in total. The van der Waals surface area contributed by atoms with Gasteiger partial charge in [-0.3, -0.25) is 9.59 Å². The molecule has 2 aromatic rings. The minimum atomic E-state index is -1.05. The second-order valence-corrected chi connectivity index (χ2v) is 6.01. The third kappa shape index (κ3) is 2.96. The van der Waals surface area contributed by atoms with Crippen molar-refractivity contribution in [1.82, 2.24) is 4.98 Å². The molecule has 0 aliphatic carbocycles. The number of fused-ring (bicyclic) bond motifs is 1. The number of carbonyl (C=O) groups is 2. The van der Waals surface area contributed by atoms with E-state index in [9.17, 15) is 14.7 Å². The third-order valence-electron chi connectivity index (χ3n) is 3.00. The minimum absolute atomic E-state index is 0.143. The third-order valence-corrected chi connectivity index (χ3v) is 4.31. The van der Waals surface area contributed by atoms with E-state index in [1.54, 1.807) is 0 Å². The topological polar surface area (TPSA) is 67.3 Å². The summed E-state index contributed by atoms with van der Waals surface area (Å²) in [7, 11) is 0. The van der Waals surface area contributed by atoms with Crippen LogP contribution in [0.4, 0.5) is 0 Å². The molecular formula is C13H13NO3S2. The summed E-state index contributed by atoms with van der Waals surface area (Å²) in [5.41, 5.74) is 3.03. The van der Waals surface area contributed by atoms with Gasteiger partial charge in [-0.25, -0.2) is 4.98 Å². The molecule has 1 aromatic heterocycles. The first-order chi connectivity index (χ1) is 8.88. The lowest BCUT2D eigenvalue weighted by Crippen LogP contribution is -2.13. The summed E-state index contributed by atoms with van der Waals surface area (Å²) in [6.07, 6.45) is -0.143. The molecule has 1 aromatic carbocycles. The van der Waals surface area contributed by atoms with Crippen LogP contribution in [0.2, 0.25) is 0 Å². The van der Waals surface area contributed by atoms with Crippen LogP contribution in [0, 0.1) is 13.8 Å². The number of carbonyl (C=O) groups excluding carboxylic acids is 1. The molecule has 1 atom stereocenters. The largest absolute Gasteiger partial charge is 0.481 e. The number of benzene rings is 1. The first-order valence-corrected chi connectivity index (χ1v) is 6.97. The van der Waals surface area contributed by atoms with Crippen molar-refractivity contribution in [2.45, 2.75) is 26.2 Å². The molecule has 1 unspecified atom stereocenters. The summed E-state index contributed by atoms with van der Waals surface area (Å²) in [6, 6.07) is 3.93. The molecule has 0 spiro atoms. The van der Waals surface area contributed by atoms with Gasteiger partial charge in [-0.1, -0.05) is 0 Å². The lowest BCUT2D eigenvalue weighted by Gasteiger charge is -2.05. The Morgan fingerprint density at radius 3 is 2.58 bits per heavy atom. The number of carboxylic acid groups (broad SMARTS) is 1. The van der Waals surface area contributed by atoms with Gasteiger partial charge in [-0.05, 0) is 37.1 Å². The van der Waals surface area contributed by atoms with Crippen molar-refractivity contribution in [3.63, 3.8) is 0 Å².